The van der Waals surface area contributed by atoms with Crippen molar-refractivity contribution in [2.45, 2.75) is 19.5 Å². The number of nitrogens with zero attached hydrogens (tertiary/aromatic N) is 4. The van der Waals surface area contributed by atoms with E-state index in [2.05, 4.69) is 15.6 Å². The van der Waals surface area contributed by atoms with Crippen molar-refractivity contribution < 1.29 is 9.59 Å². The zero-order valence-corrected chi connectivity index (χ0v) is 10.6. The summed E-state index contributed by atoms with van der Waals surface area (Å²) in [6.07, 6.45) is 1.91. The molecule has 1 rings (SSSR count). The second-order valence-corrected chi connectivity index (χ2v) is 3.85. The van der Waals surface area contributed by atoms with Crippen molar-refractivity contribution in [1.82, 2.24) is 25.2 Å². The Morgan fingerprint density at radius 1 is 1.56 bits per heavy atom. The first-order valence-electron chi connectivity index (χ1n) is 5.60. The van der Waals surface area contributed by atoms with Crippen molar-refractivity contribution in [2.24, 2.45) is 5.73 Å². The summed E-state index contributed by atoms with van der Waals surface area (Å²) in [5.41, 5.74) is 6.03. The van der Waals surface area contributed by atoms with Crippen LogP contribution in [0.25, 0.3) is 0 Å². The number of amides is 2. The molecule has 0 unspecified atom stereocenters. The minimum absolute atomic E-state index is 0.0945. The van der Waals surface area contributed by atoms with Gasteiger partial charge in [-0.1, -0.05) is 5.21 Å². The monoisotopic (exact) mass is 254 g/mol. The van der Waals surface area contributed by atoms with E-state index in [1.165, 1.54) is 9.58 Å². The first-order valence-corrected chi connectivity index (χ1v) is 5.60. The van der Waals surface area contributed by atoms with Crippen LogP contribution in [0.1, 0.15) is 12.1 Å². The van der Waals surface area contributed by atoms with Gasteiger partial charge < -0.3 is 16.0 Å². The second kappa shape index (κ2) is 6.70. The third-order valence-electron chi connectivity index (χ3n) is 2.47. The number of likely N-dealkylation sites (N-methyl/N-ethyl adjacent to an activating group) is 1. The summed E-state index contributed by atoms with van der Waals surface area (Å²) in [6, 6.07) is 0. The molecular formula is C10H18N6O2. The lowest BCUT2D eigenvalue weighted by molar-refractivity contribution is -0.131. The lowest BCUT2D eigenvalue weighted by Gasteiger charge is -2.16. The van der Waals surface area contributed by atoms with Crippen LogP contribution in [-0.4, -0.2) is 52.3 Å². The van der Waals surface area contributed by atoms with Crippen LogP contribution >= 0.6 is 0 Å². The van der Waals surface area contributed by atoms with Crippen LogP contribution in [0.4, 0.5) is 0 Å². The molecule has 0 radical (unpaired) electrons. The molecule has 8 nitrogen and oxygen atoms in total. The minimum atomic E-state index is -0.132. The van der Waals surface area contributed by atoms with E-state index in [4.69, 9.17) is 5.73 Å². The number of nitrogens with two attached hydrogens (primary N) is 1. The Morgan fingerprint density at radius 3 is 2.83 bits per heavy atom. The van der Waals surface area contributed by atoms with Crippen molar-refractivity contribution in [3.8, 4) is 0 Å². The van der Waals surface area contributed by atoms with E-state index in [0.717, 1.165) is 0 Å². The Labute approximate surface area is 105 Å². The highest BCUT2D eigenvalue weighted by molar-refractivity contribution is 5.78. The molecule has 18 heavy (non-hydrogen) atoms. The topological polar surface area (TPSA) is 106 Å². The lowest BCUT2D eigenvalue weighted by atomic mass is 10.3. The number of carbonyl (C=O) groups excluding carboxylic acids is 2. The van der Waals surface area contributed by atoms with Crippen molar-refractivity contribution in [3.05, 3.63) is 11.9 Å². The standard InChI is InChI=1S/C10H18N6O2/c1-12-9(17)3-4-15(2)10(18)7-16-6-8(5-11)13-14-16/h6H,3-5,7,11H2,1-2H3,(H,12,17). The normalized spacial score (nSPS) is 10.2. The van der Waals surface area contributed by atoms with Crippen molar-refractivity contribution in [3.63, 3.8) is 0 Å². The van der Waals surface area contributed by atoms with Crippen LogP contribution in [0, 0.1) is 0 Å². The summed E-state index contributed by atoms with van der Waals surface area (Å²) in [6.45, 7) is 0.759. The molecule has 0 spiro atoms. The number of aromatic nitrogens is 3. The van der Waals surface area contributed by atoms with Crippen LogP contribution < -0.4 is 11.1 Å². The van der Waals surface area contributed by atoms with Gasteiger partial charge in [0.25, 0.3) is 0 Å². The SMILES string of the molecule is CNC(=O)CCN(C)C(=O)Cn1cc(CN)nn1. The molecule has 1 heterocycles. The van der Waals surface area contributed by atoms with Gasteiger partial charge in [-0.25, -0.2) is 4.68 Å². The van der Waals surface area contributed by atoms with Gasteiger partial charge in [-0.05, 0) is 0 Å². The van der Waals surface area contributed by atoms with Gasteiger partial charge in [0.15, 0.2) is 0 Å². The highest BCUT2D eigenvalue weighted by atomic mass is 16.2. The van der Waals surface area contributed by atoms with Crippen LogP contribution in [-0.2, 0) is 22.7 Å². The molecule has 0 bridgehead atoms. The summed E-state index contributed by atoms with van der Waals surface area (Å²) < 4.78 is 1.43. The Kier molecular flexibility index (Phi) is 5.25. The average Bonchev–Trinajstić information content (AvgIpc) is 2.82. The number of rotatable bonds is 6. The van der Waals surface area contributed by atoms with E-state index in [1.54, 1.807) is 20.3 Å². The average molecular weight is 254 g/mol. The summed E-state index contributed by atoms with van der Waals surface area (Å²) in [5, 5.41) is 10.1. The second-order valence-electron chi connectivity index (χ2n) is 3.85. The van der Waals surface area contributed by atoms with Gasteiger partial charge in [-0.15, -0.1) is 5.10 Å². The van der Waals surface area contributed by atoms with Crippen molar-refractivity contribution >= 4 is 11.8 Å². The quantitative estimate of drug-likeness (QED) is 0.631. The molecule has 0 saturated carbocycles. The maximum atomic E-state index is 11.8. The molecule has 1 aromatic heterocycles. The third-order valence-corrected chi connectivity index (χ3v) is 2.47. The number of hydrogen-bond donors (Lipinski definition) is 2. The van der Waals surface area contributed by atoms with Crippen LogP contribution in [0.2, 0.25) is 0 Å². The van der Waals surface area contributed by atoms with Gasteiger partial charge in [-0.3, -0.25) is 9.59 Å². The summed E-state index contributed by atoms with van der Waals surface area (Å²) in [4.78, 5) is 24.3. The molecule has 0 aliphatic rings. The highest BCUT2D eigenvalue weighted by Gasteiger charge is 2.11. The molecule has 0 aromatic carbocycles. The number of hydrogen-bond acceptors (Lipinski definition) is 5. The fourth-order valence-corrected chi connectivity index (χ4v) is 1.29. The molecule has 0 atom stereocenters. The predicted octanol–water partition coefficient (Wildman–Crippen LogP) is -1.67. The predicted molar refractivity (Wildman–Crippen MR) is 64.2 cm³/mol. The van der Waals surface area contributed by atoms with Crippen LogP contribution in [0.5, 0.6) is 0 Å². The Hall–Kier alpha value is -1.96. The van der Waals surface area contributed by atoms with E-state index in [9.17, 15) is 9.59 Å². The van der Waals surface area contributed by atoms with Gasteiger partial charge in [0.05, 0.1) is 11.9 Å². The van der Waals surface area contributed by atoms with Gasteiger partial charge in [0.1, 0.15) is 6.54 Å². The zero-order valence-electron chi connectivity index (χ0n) is 10.6. The molecule has 100 valence electrons. The maximum Gasteiger partial charge on any atom is 0.244 e. The van der Waals surface area contributed by atoms with Crippen LogP contribution in [0.3, 0.4) is 0 Å². The fraction of sp³-hybridized carbons (Fsp3) is 0.600. The smallest absolute Gasteiger partial charge is 0.244 e. The molecular weight excluding hydrogens is 236 g/mol. The first kappa shape index (κ1) is 14.1. The fourth-order valence-electron chi connectivity index (χ4n) is 1.29. The summed E-state index contributed by atoms with van der Waals surface area (Å²) >= 11 is 0. The Bertz CT molecular complexity index is 416. The molecule has 2 amide bonds. The zero-order chi connectivity index (χ0) is 13.5. The lowest BCUT2D eigenvalue weighted by Crippen LogP contribution is -2.33. The van der Waals surface area contributed by atoms with Gasteiger partial charge in [0.2, 0.25) is 11.8 Å². The molecule has 0 saturated heterocycles. The van der Waals surface area contributed by atoms with E-state index in [1.807, 2.05) is 0 Å². The maximum absolute atomic E-state index is 11.8. The molecule has 8 heteroatoms. The number of carbonyl (C=O) groups is 2. The molecule has 0 aliphatic carbocycles. The minimum Gasteiger partial charge on any atom is -0.359 e. The summed E-state index contributed by atoms with van der Waals surface area (Å²) in [5.74, 6) is -0.229. The van der Waals surface area contributed by atoms with E-state index < -0.39 is 0 Å². The van der Waals surface area contributed by atoms with Gasteiger partial charge in [0, 0.05) is 33.6 Å². The molecule has 1 aromatic rings. The molecule has 3 N–H and O–H groups in total. The number of nitrogens with one attached hydrogen (secondary N) is 1. The molecule has 0 fully saturated rings. The van der Waals surface area contributed by atoms with E-state index >= 15 is 0 Å². The van der Waals surface area contributed by atoms with Crippen LogP contribution in [0.15, 0.2) is 6.20 Å². The first-order chi connectivity index (χ1) is 8.56. The Balaban J connectivity index is 2.42. The Morgan fingerprint density at radius 2 is 2.28 bits per heavy atom. The van der Waals surface area contributed by atoms with Crippen molar-refractivity contribution in [2.75, 3.05) is 20.6 Å². The summed E-state index contributed by atoms with van der Waals surface area (Å²) in [7, 11) is 3.21. The highest BCUT2D eigenvalue weighted by Crippen LogP contribution is 1.95. The van der Waals surface area contributed by atoms with Gasteiger partial charge >= 0.3 is 0 Å². The largest absolute Gasteiger partial charge is 0.359 e. The van der Waals surface area contributed by atoms with Gasteiger partial charge in [-0.2, -0.15) is 0 Å². The van der Waals surface area contributed by atoms with E-state index in [-0.39, 0.29) is 24.8 Å². The third kappa shape index (κ3) is 4.13. The van der Waals surface area contributed by atoms with Crippen molar-refractivity contribution in [1.29, 1.82) is 0 Å². The van der Waals surface area contributed by atoms with E-state index in [0.29, 0.717) is 18.8 Å². The molecule has 0 aliphatic heterocycles.